The standard InChI is InChI=1S/C13H13F3N2O3/c14-13(15,16)5-17-8(19)4-18-11(20)9-6-1-2-7(3-6)10(9)12(18)21/h1-2,6-7,9-10H,3-5H2,(H,17,19)/t6-,7-,9-,10+/m0/s1. The maximum absolute atomic E-state index is 12.2. The normalized spacial score (nSPS) is 33.8. The van der Waals surface area contributed by atoms with Gasteiger partial charge in [0.1, 0.15) is 13.1 Å². The third-order valence-corrected chi connectivity index (χ3v) is 4.35. The van der Waals surface area contributed by atoms with Crippen LogP contribution in [-0.4, -0.2) is 41.9 Å². The Morgan fingerprint density at radius 3 is 2.19 bits per heavy atom. The average molecular weight is 302 g/mol. The highest BCUT2D eigenvalue weighted by molar-refractivity contribution is 6.08. The molecule has 1 heterocycles. The van der Waals surface area contributed by atoms with Crippen LogP contribution in [-0.2, 0) is 14.4 Å². The Hall–Kier alpha value is -1.86. The summed E-state index contributed by atoms with van der Waals surface area (Å²) < 4.78 is 36.0. The number of allylic oxidation sites excluding steroid dienone is 2. The van der Waals surface area contributed by atoms with E-state index in [0.29, 0.717) is 0 Å². The lowest BCUT2D eigenvalue weighted by molar-refractivity contribution is -0.146. The van der Waals surface area contributed by atoms with E-state index in [1.165, 1.54) is 0 Å². The number of hydrogen-bond donors (Lipinski definition) is 1. The monoisotopic (exact) mass is 302 g/mol. The molecule has 3 aliphatic rings. The predicted octanol–water partition coefficient (Wildman–Crippen LogP) is 0.472. The second-order valence-corrected chi connectivity index (χ2v) is 5.65. The average Bonchev–Trinajstić information content (AvgIpc) is 3.05. The number of imide groups is 1. The Bertz CT molecular complexity index is 513. The third-order valence-electron chi connectivity index (χ3n) is 4.35. The molecule has 5 nitrogen and oxygen atoms in total. The molecule has 3 rings (SSSR count). The van der Waals surface area contributed by atoms with Crippen molar-refractivity contribution in [2.24, 2.45) is 23.7 Å². The number of halogens is 3. The van der Waals surface area contributed by atoms with E-state index in [0.717, 1.165) is 11.3 Å². The first-order valence-electron chi connectivity index (χ1n) is 6.65. The summed E-state index contributed by atoms with van der Waals surface area (Å²) in [5.74, 6) is -2.72. The number of fused-ring (bicyclic) bond motifs is 5. The smallest absolute Gasteiger partial charge is 0.345 e. The van der Waals surface area contributed by atoms with E-state index >= 15 is 0 Å². The van der Waals surface area contributed by atoms with E-state index in [4.69, 9.17) is 0 Å². The van der Waals surface area contributed by atoms with E-state index in [9.17, 15) is 27.6 Å². The first kappa shape index (κ1) is 14.1. The van der Waals surface area contributed by atoms with E-state index in [-0.39, 0.29) is 11.8 Å². The second-order valence-electron chi connectivity index (χ2n) is 5.65. The predicted molar refractivity (Wildman–Crippen MR) is 63.5 cm³/mol. The lowest BCUT2D eigenvalue weighted by Crippen LogP contribution is -2.44. The van der Waals surface area contributed by atoms with Crippen molar-refractivity contribution < 1.29 is 27.6 Å². The fourth-order valence-electron chi connectivity index (χ4n) is 3.52. The molecule has 0 radical (unpaired) electrons. The molecular weight excluding hydrogens is 289 g/mol. The highest BCUT2D eigenvalue weighted by Gasteiger charge is 2.59. The van der Waals surface area contributed by atoms with Crippen molar-refractivity contribution in [2.75, 3.05) is 13.1 Å². The van der Waals surface area contributed by atoms with Gasteiger partial charge in [0.2, 0.25) is 17.7 Å². The van der Waals surface area contributed by atoms with Crippen LogP contribution in [0.25, 0.3) is 0 Å². The fourth-order valence-corrected chi connectivity index (χ4v) is 3.52. The van der Waals surface area contributed by atoms with Crippen molar-refractivity contribution in [3.05, 3.63) is 12.2 Å². The summed E-state index contributed by atoms with van der Waals surface area (Å²) in [5.41, 5.74) is 0. The topological polar surface area (TPSA) is 66.5 Å². The number of amides is 3. The molecule has 1 saturated heterocycles. The summed E-state index contributed by atoms with van der Waals surface area (Å²) in [4.78, 5) is 36.6. The SMILES string of the molecule is O=C(CN1C(=O)[C@@H]2[C@H](C1=O)[C@H]1C=C[C@H]2C1)NCC(F)(F)F. The third kappa shape index (κ3) is 2.32. The minimum absolute atomic E-state index is 0.0136. The number of carbonyl (C=O) groups is 3. The van der Waals surface area contributed by atoms with Gasteiger partial charge in [-0.05, 0) is 18.3 Å². The molecule has 0 aromatic heterocycles. The molecule has 3 amide bonds. The van der Waals surface area contributed by atoms with Gasteiger partial charge >= 0.3 is 6.18 Å². The van der Waals surface area contributed by atoms with Gasteiger partial charge in [0.15, 0.2) is 0 Å². The van der Waals surface area contributed by atoms with Crippen LogP contribution in [0.4, 0.5) is 13.2 Å². The Morgan fingerprint density at radius 1 is 1.19 bits per heavy atom. The summed E-state index contributed by atoms with van der Waals surface area (Å²) in [6.45, 7) is -2.11. The summed E-state index contributed by atoms with van der Waals surface area (Å²) in [5, 5.41) is 1.67. The van der Waals surface area contributed by atoms with Crippen LogP contribution < -0.4 is 5.32 Å². The van der Waals surface area contributed by atoms with Crippen molar-refractivity contribution in [3.63, 3.8) is 0 Å². The molecule has 21 heavy (non-hydrogen) atoms. The Balaban J connectivity index is 1.64. The molecule has 4 atom stereocenters. The van der Waals surface area contributed by atoms with Crippen molar-refractivity contribution in [1.29, 1.82) is 0 Å². The molecular formula is C13H13F3N2O3. The maximum Gasteiger partial charge on any atom is 0.405 e. The van der Waals surface area contributed by atoms with Gasteiger partial charge in [-0.1, -0.05) is 12.2 Å². The van der Waals surface area contributed by atoms with Crippen LogP contribution in [0.15, 0.2) is 12.2 Å². The zero-order valence-corrected chi connectivity index (χ0v) is 10.9. The summed E-state index contributed by atoms with van der Waals surface area (Å²) in [7, 11) is 0. The molecule has 0 aromatic carbocycles. The van der Waals surface area contributed by atoms with Gasteiger partial charge in [-0.2, -0.15) is 13.2 Å². The fraction of sp³-hybridized carbons (Fsp3) is 0.615. The lowest BCUT2D eigenvalue weighted by Gasteiger charge is -2.17. The van der Waals surface area contributed by atoms with Gasteiger partial charge in [-0.25, -0.2) is 0 Å². The molecule has 0 unspecified atom stereocenters. The number of nitrogens with zero attached hydrogens (tertiary/aromatic N) is 1. The molecule has 1 aliphatic heterocycles. The Labute approximate surface area is 118 Å². The minimum Gasteiger partial charge on any atom is -0.345 e. The van der Waals surface area contributed by atoms with E-state index < -0.39 is 48.8 Å². The number of carbonyl (C=O) groups excluding carboxylic acids is 3. The molecule has 0 aromatic rings. The Morgan fingerprint density at radius 2 is 1.71 bits per heavy atom. The highest BCUT2D eigenvalue weighted by atomic mass is 19.4. The molecule has 2 bridgehead atoms. The van der Waals surface area contributed by atoms with Crippen molar-refractivity contribution >= 4 is 17.7 Å². The summed E-state index contributed by atoms with van der Waals surface area (Å²) >= 11 is 0. The van der Waals surface area contributed by atoms with Gasteiger partial charge in [0, 0.05) is 0 Å². The van der Waals surface area contributed by atoms with E-state index in [1.807, 2.05) is 12.2 Å². The molecule has 114 valence electrons. The van der Waals surface area contributed by atoms with E-state index in [1.54, 1.807) is 5.32 Å². The van der Waals surface area contributed by atoms with Gasteiger partial charge in [0.05, 0.1) is 11.8 Å². The van der Waals surface area contributed by atoms with Crippen LogP contribution in [0, 0.1) is 23.7 Å². The zero-order valence-electron chi connectivity index (χ0n) is 10.9. The Kier molecular flexibility index (Phi) is 3.07. The molecule has 2 fully saturated rings. The zero-order chi connectivity index (χ0) is 15.4. The van der Waals surface area contributed by atoms with Gasteiger partial charge in [0.25, 0.3) is 0 Å². The number of alkyl halides is 3. The van der Waals surface area contributed by atoms with Gasteiger partial charge < -0.3 is 5.32 Å². The van der Waals surface area contributed by atoms with Crippen LogP contribution in [0.1, 0.15) is 6.42 Å². The van der Waals surface area contributed by atoms with Crippen LogP contribution in [0.3, 0.4) is 0 Å². The largest absolute Gasteiger partial charge is 0.405 e. The quantitative estimate of drug-likeness (QED) is 0.609. The number of rotatable bonds is 3. The first-order valence-corrected chi connectivity index (χ1v) is 6.65. The van der Waals surface area contributed by atoms with Crippen molar-refractivity contribution in [1.82, 2.24) is 10.2 Å². The van der Waals surface area contributed by atoms with Crippen molar-refractivity contribution in [2.45, 2.75) is 12.6 Å². The molecule has 1 saturated carbocycles. The summed E-state index contributed by atoms with van der Waals surface area (Å²) in [6.07, 6.45) is 0.0591. The molecule has 0 spiro atoms. The van der Waals surface area contributed by atoms with E-state index in [2.05, 4.69) is 0 Å². The van der Waals surface area contributed by atoms with Crippen LogP contribution in [0.2, 0.25) is 0 Å². The number of hydrogen-bond acceptors (Lipinski definition) is 3. The molecule has 2 aliphatic carbocycles. The van der Waals surface area contributed by atoms with Crippen molar-refractivity contribution in [3.8, 4) is 0 Å². The van der Waals surface area contributed by atoms with Gasteiger partial charge in [-0.15, -0.1) is 0 Å². The minimum atomic E-state index is -4.52. The second kappa shape index (κ2) is 4.57. The maximum atomic E-state index is 12.2. The number of nitrogens with one attached hydrogen (secondary N) is 1. The van der Waals surface area contributed by atoms with Crippen LogP contribution >= 0.6 is 0 Å². The first-order chi connectivity index (χ1) is 9.78. The molecule has 1 N–H and O–H groups in total. The van der Waals surface area contributed by atoms with Crippen LogP contribution in [0.5, 0.6) is 0 Å². The highest BCUT2D eigenvalue weighted by Crippen LogP contribution is 2.52. The number of likely N-dealkylation sites (tertiary alicyclic amines) is 1. The van der Waals surface area contributed by atoms with Gasteiger partial charge in [-0.3, -0.25) is 19.3 Å². The summed E-state index contributed by atoms with van der Waals surface area (Å²) in [6, 6.07) is 0. The molecule has 8 heteroatoms. The lowest BCUT2D eigenvalue weighted by atomic mass is 9.85.